The number of ether oxygens (including phenoxy) is 1. The fourth-order valence-corrected chi connectivity index (χ4v) is 0.753. The first kappa shape index (κ1) is 14.0. The van der Waals surface area contributed by atoms with E-state index in [1.165, 1.54) is 6.92 Å². The van der Waals surface area contributed by atoms with Crippen LogP contribution in [0.2, 0.25) is 0 Å². The SMILES string of the molecule is CC(=O)C(C)NC(=O)CCOCC(F)F. The van der Waals surface area contributed by atoms with Crippen LogP contribution in [0.1, 0.15) is 20.3 Å². The van der Waals surface area contributed by atoms with Gasteiger partial charge in [0.2, 0.25) is 5.91 Å². The molecule has 1 atom stereocenters. The predicted molar refractivity (Wildman–Crippen MR) is 49.7 cm³/mol. The molecular formula is C9H15F2NO3. The average molecular weight is 223 g/mol. The van der Waals surface area contributed by atoms with Crippen LogP contribution in [0.3, 0.4) is 0 Å². The lowest BCUT2D eigenvalue weighted by Gasteiger charge is -2.10. The molecule has 0 aliphatic heterocycles. The van der Waals surface area contributed by atoms with Crippen molar-refractivity contribution in [2.45, 2.75) is 32.7 Å². The van der Waals surface area contributed by atoms with E-state index < -0.39 is 19.1 Å². The summed E-state index contributed by atoms with van der Waals surface area (Å²) in [5, 5.41) is 2.41. The molecule has 88 valence electrons. The van der Waals surface area contributed by atoms with Gasteiger partial charge in [-0.3, -0.25) is 9.59 Å². The first-order valence-electron chi connectivity index (χ1n) is 4.59. The average Bonchev–Trinajstić information content (AvgIpc) is 2.12. The van der Waals surface area contributed by atoms with E-state index in [1.54, 1.807) is 6.92 Å². The molecule has 1 unspecified atom stereocenters. The highest BCUT2D eigenvalue weighted by atomic mass is 19.3. The Kier molecular flexibility index (Phi) is 6.77. The minimum atomic E-state index is -2.52. The molecule has 0 radical (unpaired) electrons. The quantitative estimate of drug-likeness (QED) is 0.648. The third-order valence-corrected chi connectivity index (χ3v) is 1.70. The largest absolute Gasteiger partial charge is 0.375 e. The number of hydrogen-bond acceptors (Lipinski definition) is 3. The molecule has 0 heterocycles. The van der Waals surface area contributed by atoms with Crippen molar-refractivity contribution in [2.24, 2.45) is 0 Å². The number of alkyl halides is 2. The maximum atomic E-state index is 11.6. The Bertz CT molecular complexity index is 221. The van der Waals surface area contributed by atoms with E-state index in [1.807, 2.05) is 0 Å². The highest BCUT2D eigenvalue weighted by Gasteiger charge is 2.11. The van der Waals surface area contributed by atoms with Gasteiger partial charge >= 0.3 is 0 Å². The van der Waals surface area contributed by atoms with Gasteiger partial charge in [0.1, 0.15) is 6.61 Å². The van der Waals surface area contributed by atoms with Crippen LogP contribution in [0.15, 0.2) is 0 Å². The van der Waals surface area contributed by atoms with Crippen LogP contribution in [0.25, 0.3) is 0 Å². The van der Waals surface area contributed by atoms with Crippen molar-refractivity contribution >= 4 is 11.7 Å². The number of carbonyl (C=O) groups excluding carboxylic acids is 2. The van der Waals surface area contributed by atoms with E-state index in [-0.39, 0.29) is 24.7 Å². The summed E-state index contributed by atoms with van der Waals surface area (Å²) in [6.45, 7) is 2.18. The Morgan fingerprint density at radius 3 is 2.47 bits per heavy atom. The summed E-state index contributed by atoms with van der Waals surface area (Å²) in [6, 6.07) is -0.549. The second kappa shape index (κ2) is 7.28. The van der Waals surface area contributed by atoms with Crippen LogP contribution >= 0.6 is 0 Å². The lowest BCUT2D eigenvalue weighted by molar-refractivity contribution is -0.127. The van der Waals surface area contributed by atoms with Gasteiger partial charge < -0.3 is 10.1 Å². The molecule has 0 aliphatic rings. The molecule has 6 heteroatoms. The van der Waals surface area contributed by atoms with Crippen LogP contribution in [0, 0.1) is 0 Å². The molecular weight excluding hydrogens is 208 g/mol. The minimum Gasteiger partial charge on any atom is -0.375 e. The number of Topliss-reactive ketones (excluding diaryl/α,β-unsaturated/α-hetero) is 1. The van der Waals surface area contributed by atoms with Gasteiger partial charge in [0.15, 0.2) is 5.78 Å². The standard InChI is InChI=1S/C9H15F2NO3/c1-6(7(2)13)12-9(14)3-4-15-5-8(10)11/h6,8H,3-5H2,1-2H3,(H,12,14). The van der Waals surface area contributed by atoms with Crippen molar-refractivity contribution in [3.8, 4) is 0 Å². The summed E-state index contributed by atoms with van der Waals surface area (Å²) in [5.41, 5.74) is 0. The number of nitrogens with one attached hydrogen (secondary N) is 1. The lowest BCUT2D eigenvalue weighted by Crippen LogP contribution is -2.37. The first-order valence-corrected chi connectivity index (χ1v) is 4.59. The van der Waals surface area contributed by atoms with Crippen LogP contribution < -0.4 is 5.32 Å². The molecule has 0 saturated carbocycles. The fourth-order valence-electron chi connectivity index (χ4n) is 0.753. The first-order chi connectivity index (χ1) is 6.93. The molecule has 15 heavy (non-hydrogen) atoms. The molecule has 0 fully saturated rings. The maximum absolute atomic E-state index is 11.6. The van der Waals surface area contributed by atoms with Crippen molar-refractivity contribution in [1.29, 1.82) is 0 Å². The van der Waals surface area contributed by atoms with Gasteiger partial charge in [-0.15, -0.1) is 0 Å². The topological polar surface area (TPSA) is 55.4 Å². The van der Waals surface area contributed by atoms with E-state index in [0.717, 1.165) is 0 Å². The van der Waals surface area contributed by atoms with E-state index in [2.05, 4.69) is 10.1 Å². The number of hydrogen-bond donors (Lipinski definition) is 1. The van der Waals surface area contributed by atoms with Gasteiger partial charge in [0, 0.05) is 6.42 Å². The smallest absolute Gasteiger partial charge is 0.261 e. The Morgan fingerprint density at radius 2 is 2.00 bits per heavy atom. The van der Waals surface area contributed by atoms with Crippen molar-refractivity contribution in [3.63, 3.8) is 0 Å². The molecule has 0 aromatic heterocycles. The van der Waals surface area contributed by atoms with Crippen molar-refractivity contribution in [3.05, 3.63) is 0 Å². The van der Waals surface area contributed by atoms with Gasteiger partial charge in [0.05, 0.1) is 12.6 Å². The zero-order chi connectivity index (χ0) is 11.8. The second-order valence-corrected chi connectivity index (χ2v) is 3.12. The molecule has 0 rings (SSSR count). The fraction of sp³-hybridized carbons (Fsp3) is 0.778. The Morgan fingerprint density at radius 1 is 1.40 bits per heavy atom. The Labute approximate surface area is 87.0 Å². The third-order valence-electron chi connectivity index (χ3n) is 1.70. The van der Waals surface area contributed by atoms with Crippen molar-refractivity contribution in [1.82, 2.24) is 5.32 Å². The highest BCUT2D eigenvalue weighted by molar-refractivity contribution is 5.87. The molecule has 0 spiro atoms. The minimum absolute atomic E-state index is 0.0235. The molecule has 0 aromatic carbocycles. The number of carbonyl (C=O) groups is 2. The molecule has 4 nitrogen and oxygen atoms in total. The molecule has 1 amide bonds. The molecule has 0 aromatic rings. The summed E-state index contributed by atoms with van der Waals surface area (Å²) >= 11 is 0. The second-order valence-electron chi connectivity index (χ2n) is 3.12. The van der Waals surface area contributed by atoms with Crippen LogP contribution in [-0.2, 0) is 14.3 Å². The zero-order valence-corrected chi connectivity index (χ0v) is 8.76. The Hall–Kier alpha value is -1.04. The molecule has 0 aliphatic carbocycles. The Balaban J connectivity index is 3.54. The highest BCUT2D eigenvalue weighted by Crippen LogP contribution is 1.94. The van der Waals surface area contributed by atoms with Crippen LogP contribution in [-0.4, -0.2) is 37.4 Å². The maximum Gasteiger partial charge on any atom is 0.261 e. The van der Waals surface area contributed by atoms with Gasteiger partial charge in [0.25, 0.3) is 6.43 Å². The van der Waals surface area contributed by atoms with E-state index >= 15 is 0 Å². The third kappa shape index (κ3) is 7.99. The van der Waals surface area contributed by atoms with Gasteiger partial charge in [-0.2, -0.15) is 0 Å². The zero-order valence-electron chi connectivity index (χ0n) is 8.76. The predicted octanol–water partition coefficient (Wildman–Crippen LogP) is 0.752. The summed E-state index contributed by atoms with van der Waals surface area (Å²) in [5.74, 6) is -0.538. The summed E-state index contributed by atoms with van der Waals surface area (Å²) in [6.07, 6.45) is -2.55. The number of halogens is 2. The van der Waals surface area contributed by atoms with E-state index in [4.69, 9.17) is 0 Å². The molecule has 0 saturated heterocycles. The van der Waals surface area contributed by atoms with Crippen LogP contribution in [0.5, 0.6) is 0 Å². The monoisotopic (exact) mass is 223 g/mol. The van der Waals surface area contributed by atoms with Crippen LogP contribution in [0.4, 0.5) is 8.78 Å². The van der Waals surface area contributed by atoms with E-state index in [9.17, 15) is 18.4 Å². The van der Waals surface area contributed by atoms with Crippen molar-refractivity contribution in [2.75, 3.05) is 13.2 Å². The van der Waals surface area contributed by atoms with Crippen molar-refractivity contribution < 1.29 is 23.1 Å². The number of amides is 1. The summed E-state index contributed by atoms with van der Waals surface area (Å²) in [4.78, 5) is 21.8. The molecule has 0 bridgehead atoms. The van der Waals surface area contributed by atoms with Gasteiger partial charge in [-0.05, 0) is 13.8 Å². The lowest BCUT2D eigenvalue weighted by atomic mass is 10.2. The molecule has 1 N–H and O–H groups in total. The van der Waals surface area contributed by atoms with Gasteiger partial charge in [-0.25, -0.2) is 8.78 Å². The van der Waals surface area contributed by atoms with Gasteiger partial charge in [-0.1, -0.05) is 0 Å². The number of rotatable bonds is 7. The summed E-state index contributed by atoms with van der Waals surface area (Å²) < 4.78 is 27.7. The normalized spacial score (nSPS) is 12.6. The summed E-state index contributed by atoms with van der Waals surface area (Å²) in [7, 11) is 0. The number of ketones is 1. The van der Waals surface area contributed by atoms with E-state index in [0.29, 0.717) is 0 Å².